The molecule has 0 unspecified atom stereocenters. The molecule has 158 valence electrons. The minimum atomic E-state index is -1.95. The molecule has 0 radical (unpaired) electrons. The molecule has 0 heterocycles. The minimum Gasteiger partial charge on any atom is -0.420 e. The van der Waals surface area contributed by atoms with E-state index in [1.807, 2.05) is 64.1 Å². The molecule has 0 spiro atoms. The molecule has 5 heteroatoms. The summed E-state index contributed by atoms with van der Waals surface area (Å²) in [5.74, 6) is -0.192. The summed E-state index contributed by atoms with van der Waals surface area (Å²) in [6.07, 6.45) is 2.78. The number of aliphatic hydroxyl groups is 1. The molecule has 0 aliphatic heterocycles. The Hall–Kier alpha value is -1.59. The number of carbonyl (C=O) groups excluding carboxylic acids is 1. The number of hydrogen-bond acceptors (Lipinski definition) is 3. The fraction of sp³-hybridized carbons (Fsp3) is 0.609. The van der Waals surface area contributed by atoms with Crippen molar-refractivity contribution in [2.45, 2.75) is 91.2 Å². The first-order valence-electron chi connectivity index (χ1n) is 10.4. The highest BCUT2D eigenvalue weighted by molar-refractivity contribution is 6.82. The number of nitrogens with zero attached hydrogens (tertiary/aromatic N) is 1. The van der Waals surface area contributed by atoms with Crippen molar-refractivity contribution >= 4 is 14.2 Å². The summed E-state index contributed by atoms with van der Waals surface area (Å²) in [6, 6.07) is 10.1. The highest BCUT2D eigenvalue weighted by atomic mass is 28.3. The van der Waals surface area contributed by atoms with Crippen molar-refractivity contribution in [1.82, 2.24) is 4.90 Å². The molecule has 0 saturated carbocycles. The lowest BCUT2D eigenvalue weighted by Gasteiger charge is -2.32. The molecule has 0 fully saturated rings. The fourth-order valence-corrected chi connectivity index (χ4v) is 4.42. The highest BCUT2D eigenvalue weighted by Crippen LogP contribution is 2.29. The molecule has 2 atom stereocenters. The van der Waals surface area contributed by atoms with Crippen LogP contribution >= 0.6 is 0 Å². The second-order valence-electron chi connectivity index (χ2n) is 9.04. The van der Waals surface area contributed by atoms with Crippen molar-refractivity contribution in [3.05, 3.63) is 47.4 Å². The van der Waals surface area contributed by atoms with Crippen LogP contribution in [0.4, 0.5) is 4.79 Å². The first-order valence-corrected chi connectivity index (χ1v) is 13.9. The number of hydrogen-bond donors (Lipinski definition) is 1. The zero-order valence-corrected chi connectivity index (χ0v) is 19.9. The maximum absolute atomic E-state index is 12.9. The van der Waals surface area contributed by atoms with E-state index < -0.39 is 14.2 Å². The first kappa shape index (κ1) is 24.4. The zero-order valence-electron chi connectivity index (χ0n) is 18.9. The molecular formula is C23H39NO3Si. The third-order valence-corrected chi connectivity index (χ3v) is 6.52. The normalized spacial score (nSPS) is 14.9. The van der Waals surface area contributed by atoms with Gasteiger partial charge in [-0.1, -0.05) is 63.3 Å². The van der Waals surface area contributed by atoms with Crippen LogP contribution in [-0.2, 0) is 4.74 Å². The number of ether oxygens (including phenoxy) is 1. The molecule has 0 aliphatic carbocycles. The summed E-state index contributed by atoms with van der Waals surface area (Å²) in [6.45, 7) is 16.5. The monoisotopic (exact) mass is 405 g/mol. The molecular weight excluding hydrogens is 366 g/mol. The topological polar surface area (TPSA) is 49.8 Å². The summed E-state index contributed by atoms with van der Waals surface area (Å²) in [4.78, 5) is 14.7. The van der Waals surface area contributed by atoms with Gasteiger partial charge in [-0.05, 0) is 45.8 Å². The Kier molecular flexibility index (Phi) is 9.44. The van der Waals surface area contributed by atoms with Crippen molar-refractivity contribution in [1.29, 1.82) is 0 Å². The van der Waals surface area contributed by atoms with Crippen LogP contribution in [0.5, 0.6) is 0 Å². The van der Waals surface area contributed by atoms with Crippen molar-refractivity contribution in [3.63, 3.8) is 0 Å². The molecule has 1 aromatic rings. The van der Waals surface area contributed by atoms with Crippen LogP contribution in [0.3, 0.4) is 0 Å². The lowest BCUT2D eigenvalue weighted by Crippen LogP contribution is -2.43. The van der Waals surface area contributed by atoms with E-state index in [0.717, 1.165) is 17.4 Å². The van der Waals surface area contributed by atoms with Crippen molar-refractivity contribution in [3.8, 4) is 0 Å². The highest BCUT2D eigenvalue weighted by Gasteiger charge is 2.31. The summed E-state index contributed by atoms with van der Waals surface area (Å²) < 4.78 is 5.98. The lowest BCUT2D eigenvalue weighted by molar-refractivity contribution is 0.104. The molecule has 1 aromatic carbocycles. The van der Waals surface area contributed by atoms with E-state index in [0.29, 0.717) is 6.42 Å². The average Bonchev–Trinajstić information content (AvgIpc) is 2.57. The maximum Gasteiger partial charge on any atom is 0.414 e. The number of rotatable bonds is 9. The quantitative estimate of drug-likeness (QED) is 0.408. The van der Waals surface area contributed by atoms with Crippen LogP contribution in [0.1, 0.15) is 58.9 Å². The molecule has 1 amide bonds. The first-order chi connectivity index (χ1) is 13.0. The van der Waals surface area contributed by atoms with Crippen LogP contribution in [0, 0.1) is 0 Å². The summed E-state index contributed by atoms with van der Waals surface area (Å²) in [5, 5.41) is 11.5. The van der Waals surface area contributed by atoms with E-state index in [2.05, 4.69) is 26.6 Å². The molecule has 28 heavy (non-hydrogen) atoms. The zero-order chi connectivity index (χ0) is 21.5. The van der Waals surface area contributed by atoms with Gasteiger partial charge in [-0.15, -0.1) is 0 Å². The number of aliphatic hydroxyl groups excluding tert-OH is 1. The van der Waals surface area contributed by atoms with Crippen molar-refractivity contribution in [2.24, 2.45) is 0 Å². The molecule has 0 aromatic heterocycles. The number of carbonyl (C=O) groups is 1. The molecule has 1 N–H and O–H groups in total. The van der Waals surface area contributed by atoms with Gasteiger partial charge in [0.2, 0.25) is 0 Å². The van der Waals surface area contributed by atoms with E-state index in [1.54, 1.807) is 4.90 Å². The van der Waals surface area contributed by atoms with Gasteiger partial charge in [0.05, 0.1) is 11.5 Å². The third kappa shape index (κ3) is 7.10. The van der Waals surface area contributed by atoms with E-state index in [4.69, 9.17) is 4.74 Å². The van der Waals surface area contributed by atoms with Gasteiger partial charge in [-0.3, -0.25) is 0 Å². The van der Waals surface area contributed by atoms with Gasteiger partial charge >= 0.3 is 6.09 Å². The predicted molar refractivity (Wildman–Crippen MR) is 120 cm³/mol. The van der Waals surface area contributed by atoms with Crippen LogP contribution < -0.4 is 0 Å². The van der Waals surface area contributed by atoms with Crippen LogP contribution in [-0.4, -0.2) is 42.4 Å². The molecule has 0 bridgehead atoms. The molecule has 1 rings (SSSR count). The van der Waals surface area contributed by atoms with Crippen LogP contribution in [0.2, 0.25) is 19.6 Å². The van der Waals surface area contributed by atoms with E-state index in [1.165, 1.54) is 0 Å². The fourth-order valence-electron chi connectivity index (χ4n) is 3.34. The van der Waals surface area contributed by atoms with Crippen molar-refractivity contribution < 1.29 is 14.6 Å². The Balaban J connectivity index is 3.31. The minimum absolute atomic E-state index is 0.0611. The predicted octanol–water partition coefficient (Wildman–Crippen LogP) is 5.95. The SMILES string of the molecule is CCC[C@@H](O)[C@H](/C=C(\OC(=O)N(C(C)C)C(C)C)[Si](C)(C)C)c1ccccc1. The second kappa shape index (κ2) is 10.8. The Bertz CT molecular complexity index is 627. The van der Waals surface area contributed by atoms with Gasteiger partial charge in [0, 0.05) is 18.0 Å². The van der Waals surface area contributed by atoms with E-state index in [9.17, 15) is 9.90 Å². The standard InChI is InChI=1S/C23H39NO3Si/c1-9-13-21(25)20(19-14-11-10-12-15-19)16-22(28(6,7)8)27-23(26)24(17(2)3)18(4)5/h10-12,14-18,20-21,25H,9,13H2,1-8H3/b22-16+/t20-,21-/m1/s1. The Morgan fingerprint density at radius 1 is 1.11 bits per heavy atom. The number of benzene rings is 1. The van der Waals surface area contributed by atoms with Crippen molar-refractivity contribution in [2.75, 3.05) is 0 Å². The van der Waals surface area contributed by atoms with Gasteiger partial charge in [0.25, 0.3) is 0 Å². The lowest BCUT2D eigenvalue weighted by atomic mass is 9.91. The van der Waals surface area contributed by atoms with Gasteiger partial charge < -0.3 is 14.7 Å². The smallest absolute Gasteiger partial charge is 0.414 e. The van der Waals surface area contributed by atoms with E-state index in [-0.39, 0.29) is 24.1 Å². The summed E-state index contributed by atoms with van der Waals surface area (Å²) in [5.41, 5.74) is 1.04. The van der Waals surface area contributed by atoms with E-state index >= 15 is 0 Å². The van der Waals surface area contributed by atoms with Crippen LogP contribution in [0.25, 0.3) is 0 Å². The average molecular weight is 406 g/mol. The molecule has 4 nitrogen and oxygen atoms in total. The largest absolute Gasteiger partial charge is 0.420 e. The van der Waals surface area contributed by atoms with Gasteiger partial charge in [0.1, 0.15) is 8.07 Å². The van der Waals surface area contributed by atoms with Gasteiger partial charge in [-0.2, -0.15) is 0 Å². The maximum atomic E-state index is 12.9. The molecule has 0 aliphatic rings. The van der Waals surface area contributed by atoms with Gasteiger partial charge in [-0.25, -0.2) is 4.79 Å². The number of amides is 1. The van der Waals surface area contributed by atoms with Gasteiger partial charge in [0.15, 0.2) is 0 Å². The molecule has 0 saturated heterocycles. The Labute approximate surface area is 172 Å². The summed E-state index contributed by atoms with van der Waals surface area (Å²) in [7, 11) is -1.95. The van der Waals surface area contributed by atoms with Crippen LogP contribution in [0.15, 0.2) is 41.8 Å². The third-order valence-electron chi connectivity index (χ3n) is 4.77. The Morgan fingerprint density at radius 2 is 1.64 bits per heavy atom. The Morgan fingerprint density at radius 3 is 2.07 bits per heavy atom. The summed E-state index contributed by atoms with van der Waals surface area (Å²) >= 11 is 0. The second-order valence-corrected chi connectivity index (χ2v) is 14.0.